The molecule has 0 radical (unpaired) electrons. The molecule has 5 heterocycles. The number of amides is 4. The number of aliphatic hydroxyl groups is 1. The predicted octanol–water partition coefficient (Wildman–Crippen LogP) is 12.9. The Bertz CT molecular complexity index is 4450. The summed E-state index contributed by atoms with van der Waals surface area (Å²) in [5.41, 5.74) is 10.5. The number of hydrogen-bond donors (Lipinski definition) is 4. The maximum absolute atomic E-state index is 14.7. The zero-order chi connectivity index (χ0) is 70.9. The molecule has 522 valence electrons. The SMILES string of the molecule is N#Cc1cc(-c2cccc(NC(=O)C3CC34CCOC4)c2)ccc1OC1CCOCC1.N#Cc1cc(-c2cccc(NC(=O)[C@@H]3C[C@H]3C#N)c2)ccc1OC1CCOCC1.N#Cc1cc(-c2cccc(NC(=O)[C@@H]3C[C@H]3c3ccc(C4CC4)nc3)c2)ccc1O[C@H]1CCN(C(=O)CO)CC1(F)F. The summed E-state index contributed by atoms with van der Waals surface area (Å²) in [4.78, 5) is 55.0. The van der Waals surface area contributed by atoms with Crippen molar-refractivity contribution in [3.63, 3.8) is 0 Å². The van der Waals surface area contributed by atoms with E-state index < -0.39 is 31.1 Å². The smallest absolute Gasteiger partial charge is 0.301 e. The van der Waals surface area contributed by atoms with Gasteiger partial charge < -0.3 is 54.4 Å². The molecule has 22 heteroatoms. The highest BCUT2D eigenvalue weighted by molar-refractivity contribution is 5.97. The number of ether oxygens (including phenoxy) is 6. The van der Waals surface area contributed by atoms with Gasteiger partial charge in [0, 0.05) is 97.4 Å². The maximum Gasteiger partial charge on any atom is 0.301 e. The molecule has 4 aliphatic carbocycles. The molecule has 2 unspecified atom stereocenters. The van der Waals surface area contributed by atoms with E-state index in [1.165, 1.54) is 18.9 Å². The fraction of sp³-hybridized carbons (Fsp3) is 0.388. The number of carbonyl (C=O) groups excluding carboxylic acids is 4. The number of hydrogen-bond acceptors (Lipinski definition) is 16. The summed E-state index contributed by atoms with van der Waals surface area (Å²) >= 11 is 0. The topological polar surface area (TPSA) is 291 Å². The zero-order valence-corrected chi connectivity index (χ0v) is 56.2. The average molecular weight is 1380 g/mol. The number of aliphatic hydroxyl groups excluding tert-OH is 1. The molecular weight excluding hydrogens is 1300 g/mol. The van der Waals surface area contributed by atoms with Crippen LogP contribution in [-0.4, -0.2) is 122 Å². The highest BCUT2D eigenvalue weighted by Crippen LogP contribution is 2.58. The number of carbonyl (C=O) groups is 4. The molecule has 6 aromatic carbocycles. The standard InChI is InChI=1S/C32H30F2N4O4.C25H26N2O4.C23H21N3O3/c33-32(34)18-38(30(40)17-39)11-10-29(32)42-28-9-7-21(12-23(28)15-35)20-2-1-3-24(13-20)37-31(41)26-14-25(26)22-6-8-27(36-16-22)19-4-5-19;26-15-19-12-18(4-5-23(19)31-21-6-9-29-10-7-21)17-2-1-3-20(13-17)27-24(28)22-14-25(22)8-11-30-16-25;24-13-17-12-21(17)23(27)26-19-3-1-2-15(11-19)16-4-5-22(18(10-16)14-25)29-20-6-8-28-9-7-20/h1-3,6-9,12-13,16,19,25-26,29,39H,4-5,10-11,14,17-18H2,(H,37,41);1-5,12-13,21-22H,6-11,14,16H2,(H,27,28);1-5,10-11,17,20-21H,6-9,12H2,(H,26,27)/t25-,26+,29-;;17-,21+/m0.0/s1. The van der Waals surface area contributed by atoms with Crippen LogP contribution < -0.4 is 30.2 Å². The number of benzene rings is 6. The van der Waals surface area contributed by atoms with Crippen LogP contribution in [0.5, 0.6) is 17.2 Å². The molecule has 8 fully saturated rings. The molecule has 4 aliphatic heterocycles. The van der Waals surface area contributed by atoms with Crippen LogP contribution in [0.1, 0.15) is 110 Å². The van der Waals surface area contributed by atoms with Gasteiger partial charge in [-0.1, -0.05) is 60.7 Å². The molecule has 4 amide bonds. The van der Waals surface area contributed by atoms with Gasteiger partial charge in [0.05, 0.1) is 74.2 Å². The first kappa shape index (κ1) is 69.9. The number of aromatic nitrogens is 1. The van der Waals surface area contributed by atoms with Gasteiger partial charge in [-0.05, 0) is 162 Å². The van der Waals surface area contributed by atoms with Gasteiger partial charge in [-0.2, -0.15) is 21.0 Å². The third-order valence-corrected chi connectivity index (χ3v) is 20.2. The number of nitrogens with zero attached hydrogens (tertiary/aromatic N) is 6. The minimum Gasteiger partial charge on any atom is -0.489 e. The lowest BCUT2D eigenvalue weighted by Crippen LogP contribution is -2.55. The van der Waals surface area contributed by atoms with Crippen LogP contribution in [0.25, 0.3) is 33.4 Å². The van der Waals surface area contributed by atoms with Crippen molar-refractivity contribution in [1.82, 2.24) is 9.88 Å². The number of alkyl halides is 2. The van der Waals surface area contributed by atoms with Gasteiger partial charge in [0.25, 0.3) is 0 Å². The van der Waals surface area contributed by atoms with Crippen molar-refractivity contribution in [3.8, 4) is 74.9 Å². The molecular formula is C80H77F2N9O11. The molecule has 0 bridgehead atoms. The van der Waals surface area contributed by atoms with Gasteiger partial charge in [-0.25, -0.2) is 8.78 Å². The van der Waals surface area contributed by atoms with E-state index in [1.807, 2.05) is 103 Å². The van der Waals surface area contributed by atoms with Crippen molar-refractivity contribution in [2.45, 2.75) is 107 Å². The van der Waals surface area contributed by atoms with Crippen molar-refractivity contribution >= 4 is 40.7 Å². The first-order valence-corrected chi connectivity index (χ1v) is 34.8. The molecule has 7 atom stereocenters. The Morgan fingerprint density at radius 1 is 0.569 bits per heavy atom. The first-order valence-electron chi connectivity index (χ1n) is 34.8. The van der Waals surface area contributed by atoms with Crippen molar-refractivity contribution in [3.05, 3.63) is 174 Å². The highest BCUT2D eigenvalue weighted by Gasteiger charge is 2.60. The van der Waals surface area contributed by atoms with Gasteiger partial charge in [0.2, 0.25) is 23.6 Å². The van der Waals surface area contributed by atoms with E-state index in [9.17, 15) is 43.7 Å². The van der Waals surface area contributed by atoms with E-state index in [1.54, 1.807) is 30.3 Å². The van der Waals surface area contributed by atoms with Gasteiger partial charge in [-0.15, -0.1) is 0 Å². The Morgan fingerprint density at radius 3 is 1.51 bits per heavy atom. The Kier molecular flexibility index (Phi) is 21.3. The van der Waals surface area contributed by atoms with Crippen LogP contribution in [0.15, 0.2) is 146 Å². The molecule has 4 saturated carbocycles. The fourth-order valence-corrected chi connectivity index (χ4v) is 13.7. The zero-order valence-electron chi connectivity index (χ0n) is 56.2. The number of likely N-dealkylation sites (tertiary alicyclic amines) is 1. The molecule has 1 spiro atoms. The lowest BCUT2D eigenvalue weighted by atomic mass is 10.0. The van der Waals surface area contributed by atoms with Crippen molar-refractivity contribution in [2.24, 2.45) is 29.1 Å². The van der Waals surface area contributed by atoms with Crippen LogP contribution in [0.4, 0.5) is 25.8 Å². The normalized spacial score (nSPS) is 22.9. The molecule has 4 saturated heterocycles. The Balaban J connectivity index is 0.000000140. The van der Waals surface area contributed by atoms with Crippen LogP contribution >= 0.6 is 0 Å². The summed E-state index contributed by atoms with van der Waals surface area (Å²) in [5.74, 6) is -2.69. The summed E-state index contributed by atoms with van der Waals surface area (Å²) in [7, 11) is 0. The number of nitriles is 4. The number of nitrogens with one attached hydrogen (secondary N) is 3. The molecule has 15 rings (SSSR count). The number of anilines is 3. The lowest BCUT2D eigenvalue weighted by Gasteiger charge is -2.38. The summed E-state index contributed by atoms with van der Waals surface area (Å²) in [6.45, 7) is 2.53. The quantitative estimate of drug-likeness (QED) is 0.0621. The number of piperidine rings is 1. The van der Waals surface area contributed by atoms with Crippen LogP contribution in [0.2, 0.25) is 0 Å². The number of rotatable bonds is 18. The Hall–Kier alpha value is -10.6. The number of pyridine rings is 1. The predicted molar refractivity (Wildman–Crippen MR) is 372 cm³/mol. The second-order valence-electron chi connectivity index (χ2n) is 27.4. The van der Waals surface area contributed by atoms with Crippen molar-refractivity contribution in [1.29, 1.82) is 21.0 Å². The second kappa shape index (κ2) is 31.1. The first-order chi connectivity index (χ1) is 49.6. The van der Waals surface area contributed by atoms with Gasteiger partial charge in [0.15, 0.2) is 6.10 Å². The number of halogens is 2. The average Bonchev–Trinajstić information content (AvgIpc) is 1.57. The van der Waals surface area contributed by atoms with E-state index in [2.05, 4.69) is 51.3 Å². The monoisotopic (exact) mass is 1380 g/mol. The van der Waals surface area contributed by atoms with Crippen LogP contribution in [0.3, 0.4) is 0 Å². The van der Waals surface area contributed by atoms with Crippen LogP contribution in [-0.2, 0) is 33.4 Å². The van der Waals surface area contributed by atoms with E-state index in [-0.39, 0.29) is 89.2 Å². The fourth-order valence-electron chi connectivity index (χ4n) is 13.7. The largest absolute Gasteiger partial charge is 0.489 e. The van der Waals surface area contributed by atoms with Gasteiger partial charge in [0.1, 0.15) is 54.3 Å². The summed E-state index contributed by atoms with van der Waals surface area (Å²) in [5, 5.41) is 55.8. The summed E-state index contributed by atoms with van der Waals surface area (Å²) in [6.07, 6.45) is 9.40. The van der Waals surface area contributed by atoms with Gasteiger partial charge in [-0.3, -0.25) is 24.2 Å². The minimum absolute atomic E-state index is 0.0172. The summed E-state index contributed by atoms with van der Waals surface area (Å²) < 4.78 is 63.3. The Morgan fingerprint density at radius 2 is 1.07 bits per heavy atom. The molecule has 102 heavy (non-hydrogen) atoms. The molecule has 8 aliphatic rings. The van der Waals surface area contributed by atoms with E-state index in [0.717, 1.165) is 101 Å². The molecule has 4 N–H and O–H groups in total. The van der Waals surface area contributed by atoms with E-state index >= 15 is 0 Å². The third-order valence-electron chi connectivity index (χ3n) is 20.2. The third kappa shape index (κ3) is 16.9. The second-order valence-corrected chi connectivity index (χ2v) is 27.4. The molecule has 7 aromatic rings. The Labute approximate surface area is 590 Å². The van der Waals surface area contributed by atoms with Crippen molar-refractivity contribution in [2.75, 3.05) is 75.3 Å². The minimum atomic E-state index is -3.35. The van der Waals surface area contributed by atoms with E-state index in [4.69, 9.17) is 38.8 Å². The highest BCUT2D eigenvalue weighted by atomic mass is 19.3. The molecule has 20 nitrogen and oxygen atoms in total. The van der Waals surface area contributed by atoms with E-state index in [0.29, 0.717) is 84.9 Å². The summed E-state index contributed by atoms with van der Waals surface area (Å²) in [6, 6.07) is 51.2. The van der Waals surface area contributed by atoms with Crippen LogP contribution in [0, 0.1) is 74.4 Å². The van der Waals surface area contributed by atoms with Gasteiger partial charge >= 0.3 is 5.92 Å². The molecule has 1 aromatic heterocycles. The lowest BCUT2D eigenvalue weighted by molar-refractivity contribution is -0.161. The maximum atomic E-state index is 14.7. The van der Waals surface area contributed by atoms with Crippen molar-refractivity contribution < 1.29 is 61.5 Å².